The predicted octanol–water partition coefficient (Wildman–Crippen LogP) is 1.92. The number of rotatable bonds is 4. The van der Waals surface area contributed by atoms with Gasteiger partial charge in [-0.05, 0) is 24.3 Å². The molecule has 1 heterocycles. The maximum absolute atomic E-state index is 12.2. The van der Waals surface area contributed by atoms with E-state index in [1.54, 1.807) is 43.4 Å². The Balaban J connectivity index is 2.37. The molecule has 0 bridgehead atoms. The van der Waals surface area contributed by atoms with Crippen molar-refractivity contribution in [1.29, 1.82) is 0 Å². The first-order valence-corrected chi connectivity index (χ1v) is 6.81. The number of nitrogens with zero attached hydrogens (tertiary/aromatic N) is 1. The van der Waals surface area contributed by atoms with Crippen LogP contribution in [0.1, 0.15) is 0 Å². The molecule has 2 N–H and O–H groups in total. The van der Waals surface area contributed by atoms with E-state index in [0.29, 0.717) is 11.4 Å². The van der Waals surface area contributed by atoms with Crippen molar-refractivity contribution >= 4 is 21.4 Å². The fourth-order valence-electron chi connectivity index (χ4n) is 1.54. The van der Waals surface area contributed by atoms with Gasteiger partial charge in [0.2, 0.25) is 0 Å². The number of hydrogen-bond acceptors (Lipinski definition) is 4. The van der Waals surface area contributed by atoms with Crippen molar-refractivity contribution in [2.75, 3.05) is 17.1 Å². The van der Waals surface area contributed by atoms with Gasteiger partial charge in [-0.25, -0.2) is 8.42 Å². The summed E-state index contributed by atoms with van der Waals surface area (Å²) in [5, 5.41) is 2.86. The topological polar surface area (TPSA) is 71.1 Å². The largest absolute Gasteiger partial charge is 0.387 e. The number of para-hydroxylation sites is 1. The lowest BCUT2D eigenvalue weighted by Gasteiger charge is -2.11. The number of sulfonamides is 1. The molecule has 0 aliphatic rings. The van der Waals surface area contributed by atoms with Crippen molar-refractivity contribution < 1.29 is 8.42 Å². The van der Waals surface area contributed by atoms with E-state index in [-0.39, 0.29) is 4.90 Å². The summed E-state index contributed by atoms with van der Waals surface area (Å²) in [6.07, 6.45) is 3.06. The summed E-state index contributed by atoms with van der Waals surface area (Å²) in [4.78, 5) is 4.05. The Labute approximate surface area is 106 Å². The molecule has 0 unspecified atom stereocenters. The average Bonchev–Trinajstić information content (AvgIpc) is 2.39. The molecule has 1 aromatic carbocycles. The Morgan fingerprint density at radius 2 is 1.72 bits per heavy atom. The molecule has 0 spiro atoms. The normalized spacial score (nSPS) is 10.9. The molecule has 0 atom stereocenters. The van der Waals surface area contributed by atoms with E-state index in [0.717, 1.165) is 0 Å². The maximum atomic E-state index is 12.2. The van der Waals surface area contributed by atoms with Gasteiger partial charge >= 0.3 is 0 Å². The zero-order valence-corrected chi connectivity index (χ0v) is 10.6. The minimum Gasteiger partial charge on any atom is -0.387 e. The van der Waals surface area contributed by atoms with Gasteiger partial charge in [-0.3, -0.25) is 9.71 Å². The highest BCUT2D eigenvalue weighted by Crippen LogP contribution is 2.22. The molecular weight excluding hydrogens is 250 g/mol. The Bertz CT molecular complexity index is 627. The summed E-state index contributed by atoms with van der Waals surface area (Å²) in [5.74, 6) is 0. The van der Waals surface area contributed by atoms with Gasteiger partial charge in [0, 0.05) is 19.4 Å². The lowest BCUT2D eigenvalue weighted by molar-refractivity contribution is 0.601. The Kier molecular flexibility index (Phi) is 3.47. The lowest BCUT2D eigenvalue weighted by Crippen LogP contribution is -2.14. The molecule has 2 aromatic rings. The molecule has 0 saturated carbocycles. The lowest BCUT2D eigenvalue weighted by atomic mass is 10.3. The van der Waals surface area contributed by atoms with Gasteiger partial charge in [-0.15, -0.1) is 0 Å². The zero-order valence-electron chi connectivity index (χ0n) is 9.79. The van der Waals surface area contributed by atoms with Crippen LogP contribution in [0.15, 0.2) is 53.7 Å². The molecule has 0 amide bonds. The number of benzene rings is 1. The summed E-state index contributed by atoms with van der Waals surface area (Å²) in [6.45, 7) is 0. The fraction of sp³-hybridized carbons (Fsp3) is 0.0833. The van der Waals surface area contributed by atoms with E-state index in [1.807, 2.05) is 0 Å². The first-order chi connectivity index (χ1) is 8.63. The number of anilines is 2. The minimum atomic E-state index is -3.60. The highest BCUT2D eigenvalue weighted by molar-refractivity contribution is 7.92. The van der Waals surface area contributed by atoms with E-state index in [2.05, 4.69) is 15.0 Å². The molecule has 6 heteroatoms. The van der Waals surface area contributed by atoms with Crippen molar-refractivity contribution in [3.05, 3.63) is 48.8 Å². The Morgan fingerprint density at radius 1 is 1.06 bits per heavy atom. The monoisotopic (exact) mass is 263 g/mol. The SMILES string of the molecule is CNc1ccccc1S(=O)(=O)Nc1ccncc1. The van der Waals surface area contributed by atoms with Gasteiger partial charge < -0.3 is 5.32 Å². The first-order valence-electron chi connectivity index (χ1n) is 5.33. The van der Waals surface area contributed by atoms with E-state index >= 15 is 0 Å². The second kappa shape index (κ2) is 5.05. The zero-order chi connectivity index (χ0) is 13.0. The molecule has 0 aliphatic carbocycles. The molecule has 5 nitrogen and oxygen atoms in total. The second-order valence-corrected chi connectivity index (χ2v) is 5.24. The standard InChI is InChI=1S/C12H13N3O2S/c1-13-11-4-2-3-5-12(11)18(16,17)15-10-6-8-14-9-7-10/h2-9,13H,1H3,(H,14,15). The van der Waals surface area contributed by atoms with Crippen LogP contribution < -0.4 is 10.0 Å². The summed E-state index contributed by atoms with van der Waals surface area (Å²) in [5.41, 5.74) is 1.04. The van der Waals surface area contributed by atoms with Gasteiger partial charge in [0.1, 0.15) is 4.90 Å². The van der Waals surface area contributed by atoms with E-state index in [9.17, 15) is 8.42 Å². The van der Waals surface area contributed by atoms with Gasteiger partial charge in [0.25, 0.3) is 10.0 Å². The van der Waals surface area contributed by atoms with Crippen LogP contribution in [0.3, 0.4) is 0 Å². The molecule has 0 fully saturated rings. The third-order valence-electron chi connectivity index (χ3n) is 2.38. The van der Waals surface area contributed by atoms with Gasteiger partial charge in [0.15, 0.2) is 0 Å². The highest BCUT2D eigenvalue weighted by Gasteiger charge is 2.17. The van der Waals surface area contributed by atoms with Gasteiger partial charge in [-0.1, -0.05) is 12.1 Å². The van der Waals surface area contributed by atoms with Crippen LogP contribution in [-0.4, -0.2) is 20.4 Å². The van der Waals surface area contributed by atoms with E-state index in [4.69, 9.17) is 0 Å². The summed E-state index contributed by atoms with van der Waals surface area (Å²) >= 11 is 0. The predicted molar refractivity (Wildman–Crippen MR) is 71.0 cm³/mol. The quantitative estimate of drug-likeness (QED) is 0.884. The van der Waals surface area contributed by atoms with Gasteiger partial charge in [-0.2, -0.15) is 0 Å². The van der Waals surface area contributed by atoms with Crippen LogP contribution in [0.5, 0.6) is 0 Å². The van der Waals surface area contributed by atoms with Crippen LogP contribution in [-0.2, 0) is 10.0 Å². The third kappa shape index (κ3) is 2.60. The number of hydrogen-bond donors (Lipinski definition) is 2. The molecule has 94 valence electrons. The number of aromatic nitrogens is 1. The van der Waals surface area contributed by atoms with Crippen LogP contribution >= 0.6 is 0 Å². The minimum absolute atomic E-state index is 0.212. The molecule has 0 radical (unpaired) electrons. The summed E-state index contributed by atoms with van der Waals surface area (Å²) < 4.78 is 26.9. The van der Waals surface area contributed by atoms with Crippen LogP contribution in [0.25, 0.3) is 0 Å². The fourth-order valence-corrected chi connectivity index (χ4v) is 2.81. The molecule has 2 rings (SSSR count). The van der Waals surface area contributed by atoms with Crippen LogP contribution in [0.4, 0.5) is 11.4 Å². The van der Waals surface area contributed by atoms with E-state index in [1.165, 1.54) is 12.4 Å². The van der Waals surface area contributed by atoms with Crippen molar-refractivity contribution in [3.63, 3.8) is 0 Å². The first kappa shape index (κ1) is 12.4. The second-order valence-electron chi connectivity index (χ2n) is 3.59. The molecule has 18 heavy (non-hydrogen) atoms. The molecule has 1 aromatic heterocycles. The van der Waals surface area contributed by atoms with Gasteiger partial charge in [0.05, 0.1) is 11.4 Å². The molecular formula is C12H13N3O2S. The maximum Gasteiger partial charge on any atom is 0.263 e. The Hall–Kier alpha value is -2.08. The van der Waals surface area contributed by atoms with Crippen LogP contribution in [0.2, 0.25) is 0 Å². The van der Waals surface area contributed by atoms with E-state index < -0.39 is 10.0 Å². The summed E-state index contributed by atoms with van der Waals surface area (Å²) in [7, 11) is -1.92. The highest BCUT2D eigenvalue weighted by atomic mass is 32.2. The smallest absolute Gasteiger partial charge is 0.263 e. The van der Waals surface area contributed by atoms with Crippen molar-refractivity contribution in [2.24, 2.45) is 0 Å². The van der Waals surface area contributed by atoms with Crippen molar-refractivity contribution in [2.45, 2.75) is 4.90 Å². The number of nitrogens with one attached hydrogen (secondary N) is 2. The van der Waals surface area contributed by atoms with Crippen molar-refractivity contribution in [1.82, 2.24) is 4.98 Å². The molecule has 0 saturated heterocycles. The molecule has 0 aliphatic heterocycles. The average molecular weight is 263 g/mol. The van der Waals surface area contributed by atoms with Crippen molar-refractivity contribution in [3.8, 4) is 0 Å². The summed E-state index contributed by atoms with van der Waals surface area (Å²) in [6, 6.07) is 9.91. The Morgan fingerprint density at radius 3 is 2.39 bits per heavy atom. The van der Waals surface area contributed by atoms with Crippen LogP contribution in [0, 0.1) is 0 Å². The third-order valence-corrected chi connectivity index (χ3v) is 3.82. The number of pyridine rings is 1.